The Balaban J connectivity index is 1.81. The lowest BCUT2D eigenvalue weighted by Gasteiger charge is -2.44. The number of rotatable bonds is 8. The van der Waals surface area contributed by atoms with E-state index in [2.05, 4.69) is 0 Å². The lowest BCUT2D eigenvalue weighted by molar-refractivity contribution is -0.383. The topological polar surface area (TPSA) is 236 Å². The third kappa shape index (κ3) is 5.57. The molecule has 9 unspecified atom stereocenters. The van der Waals surface area contributed by atoms with Gasteiger partial charge in [0.05, 0.1) is 13.2 Å². The molecule has 0 bridgehead atoms. The van der Waals surface area contributed by atoms with Crippen LogP contribution < -0.4 is 0 Å². The fourth-order valence-electron chi connectivity index (χ4n) is 3.72. The molecule has 0 aliphatic carbocycles. The first-order valence-corrected chi connectivity index (χ1v) is 10.5. The van der Waals surface area contributed by atoms with E-state index >= 15 is 0 Å². The third-order valence-corrected chi connectivity index (χ3v) is 5.71. The molecule has 0 amide bonds. The van der Waals surface area contributed by atoms with Crippen LogP contribution in [0.2, 0.25) is 0 Å². The molecule has 9 atom stereocenters. The first kappa shape index (κ1) is 27.2. The Labute approximate surface area is 198 Å². The van der Waals surface area contributed by atoms with Gasteiger partial charge in [-0.05, 0) is 23.8 Å². The minimum atomic E-state index is -2.37. The van der Waals surface area contributed by atoms with Crippen LogP contribution in [0.15, 0.2) is 24.3 Å². The highest BCUT2D eigenvalue weighted by Crippen LogP contribution is 2.36. The van der Waals surface area contributed by atoms with Gasteiger partial charge in [0.1, 0.15) is 43.2 Å². The zero-order chi connectivity index (χ0) is 25.9. The second-order valence-corrected chi connectivity index (χ2v) is 8.05. The maximum absolute atomic E-state index is 12.4. The number of hydrogen-bond donors (Lipinski definition) is 9. The van der Waals surface area contributed by atoms with E-state index in [0.717, 1.165) is 12.1 Å². The number of ether oxygens (including phenoxy) is 4. The van der Waals surface area contributed by atoms with Crippen molar-refractivity contribution in [2.75, 3.05) is 19.8 Å². The molecule has 0 spiro atoms. The largest absolute Gasteiger partial charge is 0.504 e. The van der Waals surface area contributed by atoms with Gasteiger partial charge in [0.15, 0.2) is 17.6 Å². The second-order valence-electron chi connectivity index (χ2n) is 8.05. The summed E-state index contributed by atoms with van der Waals surface area (Å²) in [7, 11) is 0. The number of aliphatic hydroxyl groups is 7. The molecular weight excluding hydrogens is 476 g/mol. The summed E-state index contributed by atoms with van der Waals surface area (Å²) in [6, 6.07) is 3.72. The molecule has 2 aliphatic rings. The molecule has 196 valence electrons. The Morgan fingerprint density at radius 3 is 2.23 bits per heavy atom. The van der Waals surface area contributed by atoms with Crippen LogP contribution in [0.25, 0.3) is 6.08 Å². The summed E-state index contributed by atoms with van der Waals surface area (Å²) in [4.78, 5) is 12.4. The minimum absolute atomic E-state index is 0.302. The van der Waals surface area contributed by atoms with Crippen molar-refractivity contribution >= 4 is 12.0 Å². The normalized spacial score (nSPS) is 37.6. The van der Waals surface area contributed by atoms with Crippen molar-refractivity contribution in [3.05, 3.63) is 29.8 Å². The molecule has 1 aromatic carbocycles. The van der Waals surface area contributed by atoms with Gasteiger partial charge in [-0.25, -0.2) is 4.79 Å². The van der Waals surface area contributed by atoms with E-state index < -0.39 is 86.3 Å². The van der Waals surface area contributed by atoms with Crippen molar-refractivity contribution in [2.45, 2.75) is 54.8 Å². The fraction of sp³-hybridized carbons (Fsp3) is 0.571. The molecule has 2 fully saturated rings. The SMILES string of the molecule is O=C(C=Cc1ccc(O)c(O)c1)OC1C(OC2(CO)OC(CO)C(O)C2O)OC(CO)C(O)C1O. The van der Waals surface area contributed by atoms with Gasteiger partial charge < -0.3 is 64.9 Å². The monoisotopic (exact) mass is 504 g/mol. The Bertz CT molecular complexity index is 908. The third-order valence-electron chi connectivity index (χ3n) is 5.71. The predicted octanol–water partition coefficient (Wildman–Crippen LogP) is -3.72. The average molecular weight is 504 g/mol. The van der Waals surface area contributed by atoms with Crippen LogP contribution in [-0.2, 0) is 23.7 Å². The van der Waals surface area contributed by atoms with Crippen LogP contribution >= 0.6 is 0 Å². The van der Waals surface area contributed by atoms with Gasteiger partial charge in [-0.15, -0.1) is 0 Å². The highest BCUT2D eigenvalue weighted by atomic mass is 16.8. The van der Waals surface area contributed by atoms with Gasteiger partial charge >= 0.3 is 5.97 Å². The van der Waals surface area contributed by atoms with Crippen molar-refractivity contribution in [3.8, 4) is 11.5 Å². The molecule has 3 rings (SSSR count). The molecule has 2 heterocycles. The number of phenols is 2. The van der Waals surface area contributed by atoms with Crippen molar-refractivity contribution in [3.63, 3.8) is 0 Å². The average Bonchev–Trinajstić information content (AvgIpc) is 3.09. The van der Waals surface area contributed by atoms with E-state index in [0.29, 0.717) is 5.56 Å². The van der Waals surface area contributed by atoms with Crippen molar-refractivity contribution < 1.29 is 69.7 Å². The molecular formula is C21H28O14. The van der Waals surface area contributed by atoms with Crippen molar-refractivity contribution in [2.24, 2.45) is 0 Å². The molecule has 0 saturated carbocycles. The Hall–Kier alpha value is -2.37. The van der Waals surface area contributed by atoms with Crippen LogP contribution in [0.5, 0.6) is 11.5 Å². The summed E-state index contributed by atoms with van der Waals surface area (Å²) < 4.78 is 21.3. The molecule has 14 heteroatoms. The van der Waals surface area contributed by atoms with Crippen LogP contribution in [0, 0.1) is 0 Å². The van der Waals surface area contributed by atoms with Crippen molar-refractivity contribution in [1.82, 2.24) is 0 Å². The number of phenolic OH excluding ortho intramolecular Hbond substituents is 2. The molecule has 9 N–H and O–H groups in total. The smallest absolute Gasteiger partial charge is 0.331 e. The number of aromatic hydroxyl groups is 2. The lowest BCUT2D eigenvalue weighted by Crippen LogP contribution is -2.63. The maximum Gasteiger partial charge on any atom is 0.331 e. The standard InChI is InChI=1S/C21H28O14/c22-6-12-15(28)17(30)18(33-14(27)4-2-9-1-3-10(25)11(26)5-9)20(32-12)35-21(8-24)19(31)16(29)13(7-23)34-21/h1-5,12-13,15-20,22-26,28-31H,6-8H2. The summed E-state index contributed by atoms with van der Waals surface area (Å²) in [5.41, 5.74) is 0.302. The van der Waals surface area contributed by atoms with E-state index in [9.17, 15) is 50.8 Å². The van der Waals surface area contributed by atoms with E-state index in [-0.39, 0.29) is 5.75 Å². The maximum atomic E-state index is 12.4. The number of esters is 1. The van der Waals surface area contributed by atoms with Crippen LogP contribution in [-0.4, -0.2) is 127 Å². The zero-order valence-corrected chi connectivity index (χ0v) is 18.2. The number of carbonyl (C=O) groups is 1. The van der Waals surface area contributed by atoms with Crippen molar-refractivity contribution in [1.29, 1.82) is 0 Å². The Morgan fingerprint density at radius 1 is 0.971 bits per heavy atom. The van der Waals surface area contributed by atoms with E-state index in [1.807, 2.05) is 0 Å². The highest BCUT2D eigenvalue weighted by Gasteiger charge is 2.59. The number of hydrogen-bond acceptors (Lipinski definition) is 14. The zero-order valence-electron chi connectivity index (χ0n) is 18.2. The molecule has 0 aromatic heterocycles. The quantitative estimate of drug-likeness (QED) is 0.0941. The predicted molar refractivity (Wildman–Crippen MR) is 111 cm³/mol. The summed E-state index contributed by atoms with van der Waals surface area (Å²) in [6.45, 7) is -2.60. The summed E-state index contributed by atoms with van der Waals surface area (Å²) in [5, 5.41) is 88.6. The van der Waals surface area contributed by atoms with Gasteiger partial charge in [0, 0.05) is 6.08 Å². The van der Waals surface area contributed by atoms with Gasteiger partial charge in [-0.2, -0.15) is 0 Å². The fourth-order valence-corrected chi connectivity index (χ4v) is 3.72. The van der Waals surface area contributed by atoms with Crippen LogP contribution in [0.4, 0.5) is 0 Å². The van der Waals surface area contributed by atoms with Gasteiger partial charge in [-0.1, -0.05) is 6.07 Å². The Morgan fingerprint density at radius 2 is 1.66 bits per heavy atom. The second kappa shape index (κ2) is 11.1. The van der Waals surface area contributed by atoms with Gasteiger partial charge in [-0.3, -0.25) is 0 Å². The van der Waals surface area contributed by atoms with Gasteiger partial charge in [0.2, 0.25) is 12.1 Å². The van der Waals surface area contributed by atoms with Crippen LogP contribution in [0.3, 0.4) is 0 Å². The number of benzene rings is 1. The first-order chi connectivity index (χ1) is 16.6. The van der Waals surface area contributed by atoms with Crippen LogP contribution in [0.1, 0.15) is 5.56 Å². The summed E-state index contributed by atoms with van der Waals surface area (Å²) >= 11 is 0. The molecule has 2 aliphatic heterocycles. The van der Waals surface area contributed by atoms with E-state index in [1.54, 1.807) is 0 Å². The molecule has 0 radical (unpaired) electrons. The summed E-state index contributed by atoms with van der Waals surface area (Å²) in [5.74, 6) is -4.25. The molecule has 35 heavy (non-hydrogen) atoms. The molecule has 1 aromatic rings. The van der Waals surface area contributed by atoms with E-state index in [4.69, 9.17) is 18.9 Å². The molecule has 14 nitrogen and oxygen atoms in total. The summed E-state index contributed by atoms with van der Waals surface area (Å²) in [6.07, 6.45) is -11.4. The molecule has 2 saturated heterocycles. The highest BCUT2D eigenvalue weighted by molar-refractivity contribution is 5.87. The number of carbonyl (C=O) groups excluding carboxylic acids is 1. The Kier molecular flexibility index (Phi) is 8.66. The minimum Gasteiger partial charge on any atom is -0.504 e. The van der Waals surface area contributed by atoms with Gasteiger partial charge in [0.25, 0.3) is 0 Å². The first-order valence-electron chi connectivity index (χ1n) is 10.5. The lowest BCUT2D eigenvalue weighted by atomic mass is 9.98. The number of aliphatic hydroxyl groups excluding tert-OH is 7. The van der Waals surface area contributed by atoms with E-state index in [1.165, 1.54) is 18.2 Å².